The maximum atomic E-state index is 12.5. The quantitative estimate of drug-likeness (QED) is 0.943. The predicted octanol–water partition coefficient (Wildman–Crippen LogP) is 2.38. The fourth-order valence-electron chi connectivity index (χ4n) is 2.04. The summed E-state index contributed by atoms with van der Waals surface area (Å²) in [7, 11) is 0. The largest absolute Gasteiger partial charge is 0.350 e. The Labute approximate surface area is 128 Å². The highest BCUT2D eigenvalue weighted by Crippen LogP contribution is 2.25. The molecule has 0 saturated heterocycles. The molecule has 0 aliphatic heterocycles. The second-order valence-corrected chi connectivity index (χ2v) is 7.13. The van der Waals surface area contributed by atoms with Crippen LogP contribution in [-0.2, 0) is 11.3 Å². The number of amides is 1. The minimum atomic E-state index is -0.271. The van der Waals surface area contributed by atoms with E-state index in [-0.39, 0.29) is 23.6 Å². The highest BCUT2D eigenvalue weighted by atomic mass is 32.1. The molecule has 0 spiro atoms. The molecule has 0 bridgehead atoms. The Morgan fingerprint density at radius 3 is 2.71 bits per heavy atom. The van der Waals surface area contributed by atoms with Crippen LogP contribution in [-0.4, -0.2) is 21.0 Å². The average Bonchev–Trinajstić information content (AvgIpc) is 2.69. The SMILES string of the molecule is CCC(C)(C)NC(=O)Cn1cnc2sc(C)c(C)c2c1=O. The molecule has 0 aromatic carbocycles. The highest BCUT2D eigenvalue weighted by Gasteiger charge is 2.19. The Morgan fingerprint density at radius 1 is 1.43 bits per heavy atom. The van der Waals surface area contributed by atoms with Crippen LogP contribution in [0.15, 0.2) is 11.1 Å². The second kappa shape index (κ2) is 5.60. The van der Waals surface area contributed by atoms with Gasteiger partial charge in [-0.05, 0) is 39.7 Å². The summed E-state index contributed by atoms with van der Waals surface area (Å²) in [4.78, 5) is 30.7. The van der Waals surface area contributed by atoms with Gasteiger partial charge in [-0.1, -0.05) is 6.92 Å². The molecular weight excluding hydrogens is 286 g/mol. The van der Waals surface area contributed by atoms with E-state index in [9.17, 15) is 9.59 Å². The lowest BCUT2D eigenvalue weighted by atomic mass is 10.0. The molecule has 0 saturated carbocycles. The van der Waals surface area contributed by atoms with Gasteiger partial charge in [-0.2, -0.15) is 0 Å². The van der Waals surface area contributed by atoms with Crippen LogP contribution in [0, 0.1) is 13.8 Å². The van der Waals surface area contributed by atoms with Crippen molar-refractivity contribution in [2.75, 3.05) is 0 Å². The number of hydrogen-bond donors (Lipinski definition) is 1. The summed E-state index contributed by atoms with van der Waals surface area (Å²) in [5, 5.41) is 3.55. The van der Waals surface area contributed by atoms with Gasteiger partial charge in [-0.15, -0.1) is 11.3 Å². The van der Waals surface area contributed by atoms with E-state index in [1.807, 2.05) is 34.6 Å². The molecule has 6 heteroatoms. The van der Waals surface area contributed by atoms with E-state index in [4.69, 9.17) is 0 Å². The third-order valence-corrected chi connectivity index (χ3v) is 4.95. The highest BCUT2D eigenvalue weighted by molar-refractivity contribution is 7.18. The molecule has 2 aromatic rings. The van der Waals surface area contributed by atoms with Crippen LogP contribution in [0.25, 0.3) is 10.2 Å². The summed E-state index contributed by atoms with van der Waals surface area (Å²) >= 11 is 1.51. The molecule has 1 amide bonds. The first kappa shape index (κ1) is 15.7. The van der Waals surface area contributed by atoms with Gasteiger partial charge in [-0.3, -0.25) is 14.2 Å². The van der Waals surface area contributed by atoms with Crippen LogP contribution in [0.3, 0.4) is 0 Å². The van der Waals surface area contributed by atoms with E-state index >= 15 is 0 Å². The number of nitrogens with zero attached hydrogens (tertiary/aromatic N) is 2. The summed E-state index contributed by atoms with van der Waals surface area (Å²) in [6.07, 6.45) is 2.28. The summed E-state index contributed by atoms with van der Waals surface area (Å²) in [5.74, 6) is -0.172. The zero-order valence-electron chi connectivity index (χ0n) is 13.1. The molecule has 0 fully saturated rings. The van der Waals surface area contributed by atoms with Gasteiger partial charge in [0.15, 0.2) is 0 Å². The third kappa shape index (κ3) is 3.15. The lowest BCUT2D eigenvalue weighted by Gasteiger charge is -2.24. The first-order valence-corrected chi connectivity index (χ1v) is 7.83. The van der Waals surface area contributed by atoms with Crippen molar-refractivity contribution in [3.63, 3.8) is 0 Å². The Hall–Kier alpha value is -1.69. The van der Waals surface area contributed by atoms with E-state index in [0.29, 0.717) is 5.39 Å². The molecule has 0 unspecified atom stereocenters. The lowest BCUT2D eigenvalue weighted by molar-refractivity contribution is -0.123. The van der Waals surface area contributed by atoms with E-state index in [1.54, 1.807) is 0 Å². The maximum absolute atomic E-state index is 12.5. The van der Waals surface area contributed by atoms with Crippen LogP contribution in [0.4, 0.5) is 0 Å². The Bertz CT molecular complexity index is 743. The normalized spacial score (nSPS) is 11.9. The van der Waals surface area contributed by atoms with Gasteiger partial charge in [0.05, 0.1) is 11.7 Å². The second-order valence-electron chi connectivity index (χ2n) is 5.93. The van der Waals surface area contributed by atoms with Crippen molar-refractivity contribution in [3.05, 3.63) is 27.1 Å². The maximum Gasteiger partial charge on any atom is 0.262 e. The van der Waals surface area contributed by atoms with Gasteiger partial charge in [0.25, 0.3) is 5.56 Å². The Kier molecular flexibility index (Phi) is 4.18. The number of thiophene rings is 1. The number of aromatic nitrogens is 2. The molecule has 114 valence electrons. The van der Waals surface area contributed by atoms with Gasteiger partial charge in [0, 0.05) is 10.4 Å². The van der Waals surface area contributed by atoms with E-state index in [0.717, 1.165) is 21.7 Å². The molecule has 5 nitrogen and oxygen atoms in total. The van der Waals surface area contributed by atoms with Gasteiger partial charge in [-0.25, -0.2) is 4.98 Å². The molecule has 1 N–H and O–H groups in total. The van der Waals surface area contributed by atoms with Crippen molar-refractivity contribution in [1.29, 1.82) is 0 Å². The van der Waals surface area contributed by atoms with Gasteiger partial charge >= 0.3 is 0 Å². The van der Waals surface area contributed by atoms with Crippen molar-refractivity contribution in [2.24, 2.45) is 0 Å². The molecule has 0 aliphatic rings. The first-order valence-electron chi connectivity index (χ1n) is 7.01. The smallest absolute Gasteiger partial charge is 0.262 e. The minimum Gasteiger partial charge on any atom is -0.350 e. The molecule has 0 radical (unpaired) electrons. The summed E-state index contributed by atoms with van der Waals surface area (Å²) in [6, 6.07) is 0. The van der Waals surface area contributed by atoms with Crippen molar-refractivity contribution >= 4 is 27.5 Å². The molecule has 2 heterocycles. The zero-order valence-corrected chi connectivity index (χ0v) is 13.9. The number of carbonyl (C=O) groups excluding carboxylic acids is 1. The predicted molar refractivity (Wildman–Crippen MR) is 85.9 cm³/mol. The molecule has 0 aliphatic carbocycles. The topological polar surface area (TPSA) is 64.0 Å². The van der Waals surface area contributed by atoms with Crippen LogP contribution >= 0.6 is 11.3 Å². The van der Waals surface area contributed by atoms with Gasteiger partial charge in [0.1, 0.15) is 11.4 Å². The summed E-state index contributed by atoms with van der Waals surface area (Å²) in [5.41, 5.74) is 0.537. The fraction of sp³-hybridized carbons (Fsp3) is 0.533. The number of rotatable bonds is 4. The number of carbonyl (C=O) groups is 1. The summed E-state index contributed by atoms with van der Waals surface area (Å²) in [6.45, 7) is 9.82. The monoisotopic (exact) mass is 307 g/mol. The van der Waals surface area contributed by atoms with Crippen LogP contribution in [0.2, 0.25) is 0 Å². The van der Waals surface area contributed by atoms with E-state index in [1.165, 1.54) is 22.2 Å². The van der Waals surface area contributed by atoms with Gasteiger partial charge < -0.3 is 5.32 Å². The van der Waals surface area contributed by atoms with Gasteiger partial charge in [0.2, 0.25) is 5.91 Å². The molecule has 2 aromatic heterocycles. The van der Waals surface area contributed by atoms with E-state index < -0.39 is 0 Å². The van der Waals surface area contributed by atoms with Crippen molar-refractivity contribution < 1.29 is 4.79 Å². The van der Waals surface area contributed by atoms with Crippen molar-refractivity contribution in [2.45, 2.75) is 53.1 Å². The van der Waals surface area contributed by atoms with E-state index in [2.05, 4.69) is 10.3 Å². The molecular formula is C15H21N3O2S. The third-order valence-electron chi connectivity index (χ3n) is 3.83. The molecule has 2 rings (SSSR count). The number of hydrogen-bond acceptors (Lipinski definition) is 4. The lowest BCUT2D eigenvalue weighted by Crippen LogP contribution is -2.45. The number of fused-ring (bicyclic) bond motifs is 1. The standard InChI is InChI=1S/C15H21N3O2S/c1-6-15(4,5)17-11(19)7-18-8-16-13-12(14(18)20)9(2)10(3)21-13/h8H,6-7H2,1-5H3,(H,17,19). The molecule has 21 heavy (non-hydrogen) atoms. The van der Waals surface area contributed by atoms with Crippen molar-refractivity contribution in [1.82, 2.24) is 14.9 Å². The molecule has 0 atom stereocenters. The number of aryl methyl sites for hydroxylation is 2. The van der Waals surface area contributed by atoms with Crippen molar-refractivity contribution in [3.8, 4) is 0 Å². The minimum absolute atomic E-state index is 0.000459. The van der Waals surface area contributed by atoms with Crippen LogP contribution in [0.1, 0.15) is 37.6 Å². The Morgan fingerprint density at radius 2 is 2.10 bits per heavy atom. The Balaban J connectivity index is 2.32. The fourth-order valence-corrected chi connectivity index (χ4v) is 3.03. The zero-order chi connectivity index (χ0) is 15.8. The number of nitrogens with one attached hydrogen (secondary N) is 1. The van der Waals surface area contributed by atoms with Crippen LogP contribution in [0.5, 0.6) is 0 Å². The summed E-state index contributed by atoms with van der Waals surface area (Å²) < 4.78 is 1.38. The van der Waals surface area contributed by atoms with Crippen LogP contribution < -0.4 is 10.9 Å². The first-order chi connectivity index (χ1) is 9.75. The average molecular weight is 307 g/mol.